The number of fused-ring (bicyclic) bond motifs is 1. The second-order valence-electron chi connectivity index (χ2n) is 7.31. The highest BCUT2D eigenvalue weighted by Gasteiger charge is 2.55. The molecule has 0 saturated carbocycles. The fourth-order valence-electron chi connectivity index (χ4n) is 3.35. The Kier molecular flexibility index (Phi) is 6.26. The van der Waals surface area contributed by atoms with Gasteiger partial charge in [0, 0.05) is 16.0 Å². The highest BCUT2D eigenvalue weighted by Crippen LogP contribution is 2.45. The molecule has 0 aliphatic heterocycles. The van der Waals surface area contributed by atoms with Crippen LogP contribution in [0.15, 0.2) is 83.9 Å². The Morgan fingerprint density at radius 3 is 2.24 bits per heavy atom. The van der Waals surface area contributed by atoms with E-state index >= 15 is 0 Å². The Morgan fingerprint density at radius 1 is 0.882 bits per heavy atom. The van der Waals surface area contributed by atoms with E-state index in [2.05, 4.69) is 9.84 Å². The Bertz CT molecular complexity index is 1290. The molecule has 0 bridgehead atoms. The molecule has 0 amide bonds. The molecule has 1 aromatic heterocycles. The Morgan fingerprint density at radius 2 is 1.56 bits per heavy atom. The van der Waals surface area contributed by atoms with Gasteiger partial charge < -0.3 is 9.84 Å². The summed E-state index contributed by atoms with van der Waals surface area (Å²) >= 11 is 0.408. The average molecular weight is 498 g/mol. The van der Waals surface area contributed by atoms with E-state index in [0.717, 1.165) is 12.1 Å². The fourth-order valence-corrected chi connectivity index (χ4v) is 4.48. The highest BCUT2D eigenvalue weighted by atomic mass is 32.2. The highest BCUT2D eigenvalue weighted by molar-refractivity contribution is 7.99. The molecule has 178 valence electrons. The molecule has 0 radical (unpaired) electrons. The number of alkyl halides is 6. The number of hydrogen-bond acceptors (Lipinski definition) is 4. The van der Waals surface area contributed by atoms with E-state index in [9.17, 15) is 31.4 Å². The van der Waals surface area contributed by atoms with Crippen LogP contribution < -0.4 is 4.74 Å². The fraction of sp³-hybridized carbons (Fsp3) is 0.174. The average Bonchev–Trinajstić information content (AvgIpc) is 3.20. The number of thioether (sulfide) groups is 1. The van der Waals surface area contributed by atoms with Gasteiger partial charge in [-0.3, -0.25) is 0 Å². The summed E-state index contributed by atoms with van der Waals surface area (Å²) in [5, 5.41) is 15.3. The lowest BCUT2D eigenvalue weighted by Crippen LogP contribution is -2.44. The van der Waals surface area contributed by atoms with Gasteiger partial charge in [0.1, 0.15) is 5.75 Å². The van der Waals surface area contributed by atoms with Gasteiger partial charge in [0.2, 0.25) is 0 Å². The van der Waals surface area contributed by atoms with Crippen LogP contribution >= 0.6 is 11.8 Å². The maximum absolute atomic E-state index is 14.0. The maximum Gasteiger partial charge on any atom is 0.573 e. The van der Waals surface area contributed by atoms with Crippen molar-refractivity contribution in [2.75, 3.05) is 5.75 Å². The van der Waals surface area contributed by atoms with Crippen LogP contribution in [-0.4, -0.2) is 33.2 Å². The number of benzene rings is 3. The van der Waals surface area contributed by atoms with E-state index in [1.165, 1.54) is 36.5 Å². The minimum atomic E-state index is -5.11. The maximum atomic E-state index is 14.0. The van der Waals surface area contributed by atoms with Gasteiger partial charge in [0.15, 0.2) is 5.60 Å². The van der Waals surface area contributed by atoms with E-state index < -0.39 is 35.2 Å². The molecule has 1 atom stereocenters. The summed E-state index contributed by atoms with van der Waals surface area (Å²) in [6, 6.07) is 17.5. The minimum absolute atomic E-state index is 0.194. The summed E-state index contributed by atoms with van der Waals surface area (Å²) < 4.78 is 85.5. The smallest absolute Gasteiger partial charge is 0.405 e. The van der Waals surface area contributed by atoms with Crippen molar-refractivity contribution in [3.8, 4) is 11.4 Å². The molecule has 0 fully saturated rings. The number of hydrogen-bond donors (Lipinski definition) is 1. The normalized spacial score (nSPS) is 14.2. The van der Waals surface area contributed by atoms with Crippen LogP contribution in [0.2, 0.25) is 0 Å². The largest absolute Gasteiger partial charge is 0.573 e. The van der Waals surface area contributed by atoms with Crippen LogP contribution in [0.3, 0.4) is 0 Å². The Labute approximate surface area is 193 Å². The van der Waals surface area contributed by atoms with Crippen LogP contribution in [0, 0.1) is 0 Å². The zero-order valence-corrected chi connectivity index (χ0v) is 18.0. The summed E-state index contributed by atoms with van der Waals surface area (Å²) in [5.41, 5.74) is -2.57. The summed E-state index contributed by atoms with van der Waals surface area (Å²) in [4.78, 5) is -0.194. The lowest BCUT2D eigenvalue weighted by molar-refractivity contribution is -0.275. The number of nitrogens with zero attached hydrogens (tertiary/aromatic N) is 2. The Balaban J connectivity index is 1.67. The van der Waals surface area contributed by atoms with Gasteiger partial charge in [-0.15, -0.1) is 24.9 Å². The quantitative estimate of drug-likeness (QED) is 0.245. The third kappa shape index (κ3) is 4.85. The van der Waals surface area contributed by atoms with Crippen molar-refractivity contribution in [3.63, 3.8) is 0 Å². The molecule has 0 aliphatic rings. The predicted octanol–water partition coefficient (Wildman–Crippen LogP) is 6.47. The second kappa shape index (κ2) is 8.88. The van der Waals surface area contributed by atoms with Crippen molar-refractivity contribution in [2.24, 2.45) is 0 Å². The predicted molar refractivity (Wildman–Crippen MR) is 115 cm³/mol. The molecular weight excluding hydrogens is 482 g/mol. The van der Waals surface area contributed by atoms with Gasteiger partial charge in [-0.2, -0.15) is 18.3 Å². The number of rotatable bonds is 6. The SMILES string of the molecule is OC(CSc1ccccc1OC(F)(F)F)(c1ccc2c(cnn2-c2ccccc2)c1)C(F)(F)F. The topological polar surface area (TPSA) is 47.3 Å². The van der Waals surface area contributed by atoms with Crippen molar-refractivity contribution >= 4 is 22.7 Å². The molecule has 1 unspecified atom stereocenters. The van der Waals surface area contributed by atoms with Crippen LogP contribution in [0.4, 0.5) is 26.3 Å². The van der Waals surface area contributed by atoms with Crippen LogP contribution in [0.25, 0.3) is 16.6 Å². The first kappa shape index (κ1) is 24.0. The molecule has 1 heterocycles. The molecule has 0 spiro atoms. The third-order valence-electron chi connectivity index (χ3n) is 5.03. The van der Waals surface area contributed by atoms with E-state index in [-0.39, 0.29) is 4.90 Å². The monoisotopic (exact) mass is 498 g/mol. The van der Waals surface area contributed by atoms with E-state index in [0.29, 0.717) is 28.4 Å². The van der Waals surface area contributed by atoms with Gasteiger partial charge >= 0.3 is 12.5 Å². The molecular formula is C23H16F6N2O2S. The summed E-state index contributed by atoms with van der Waals surface area (Å²) in [5.74, 6) is -1.64. The van der Waals surface area contributed by atoms with E-state index in [4.69, 9.17) is 0 Å². The molecule has 34 heavy (non-hydrogen) atoms. The van der Waals surface area contributed by atoms with Crippen molar-refractivity contribution in [2.45, 2.75) is 23.0 Å². The number of para-hydroxylation sites is 2. The van der Waals surface area contributed by atoms with Crippen molar-refractivity contribution < 1.29 is 36.2 Å². The molecule has 4 nitrogen and oxygen atoms in total. The van der Waals surface area contributed by atoms with E-state index in [1.807, 2.05) is 6.07 Å². The zero-order chi connectivity index (χ0) is 24.6. The van der Waals surface area contributed by atoms with Crippen LogP contribution in [-0.2, 0) is 5.60 Å². The molecule has 0 saturated heterocycles. The van der Waals surface area contributed by atoms with Crippen LogP contribution in [0.5, 0.6) is 5.75 Å². The summed E-state index contributed by atoms with van der Waals surface area (Å²) in [6.07, 6.45) is -8.74. The molecule has 1 N–H and O–H groups in total. The number of halogens is 6. The van der Waals surface area contributed by atoms with Crippen molar-refractivity contribution in [3.05, 3.63) is 84.6 Å². The van der Waals surface area contributed by atoms with E-state index in [1.54, 1.807) is 28.9 Å². The summed E-state index contributed by atoms with van der Waals surface area (Å²) in [6.45, 7) is 0. The number of aromatic nitrogens is 2. The van der Waals surface area contributed by atoms with Crippen molar-refractivity contribution in [1.82, 2.24) is 9.78 Å². The molecule has 4 aromatic rings. The molecule has 3 aromatic carbocycles. The van der Waals surface area contributed by atoms with Gasteiger partial charge in [0.25, 0.3) is 0 Å². The molecule has 11 heteroatoms. The van der Waals surface area contributed by atoms with Gasteiger partial charge in [0.05, 0.1) is 17.4 Å². The first-order valence-electron chi connectivity index (χ1n) is 9.78. The zero-order valence-electron chi connectivity index (χ0n) is 17.1. The number of aliphatic hydroxyl groups is 1. The Hall–Kier alpha value is -3.18. The first-order valence-corrected chi connectivity index (χ1v) is 10.8. The summed E-state index contributed by atoms with van der Waals surface area (Å²) in [7, 11) is 0. The lowest BCUT2D eigenvalue weighted by atomic mass is 9.94. The third-order valence-corrected chi connectivity index (χ3v) is 6.24. The van der Waals surface area contributed by atoms with Gasteiger partial charge in [-0.1, -0.05) is 36.4 Å². The van der Waals surface area contributed by atoms with Crippen molar-refractivity contribution in [1.29, 1.82) is 0 Å². The van der Waals surface area contributed by atoms with Gasteiger partial charge in [-0.05, 0) is 42.0 Å². The minimum Gasteiger partial charge on any atom is -0.405 e. The molecule has 0 aliphatic carbocycles. The van der Waals surface area contributed by atoms with Gasteiger partial charge in [-0.25, -0.2) is 4.68 Å². The lowest BCUT2D eigenvalue weighted by Gasteiger charge is -2.31. The number of ether oxygens (including phenoxy) is 1. The standard InChI is InChI=1S/C23H16F6N2O2S/c24-22(25,26)21(32,14-34-20-9-5-4-8-19(20)33-23(27,28)29)16-10-11-18-15(12-16)13-30-31(18)17-6-2-1-3-7-17/h1-13,32H,14H2. The van der Waals surface area contributed by atoms with Crippen LogP contribution in [0.1, 0.15) is 5.56 Å². The second-order valence-corrected chi connectivity index (χ2v) is 8.32. The molecule has 4 rings (SSSR count). The first-order chi connectivity index (χ1) is 16.0.